The summed E-state index contributed by atoms with van der Waals surface area (Å²) in [5.74, 6) is -0.158. The zero-order valence-corrected chi connectivity index (χ0v) is 17.7. The van der Waals surface area contributed by atoms with E-state index < -0.39 is 0 Å². The smallest absolute Gasteiger partial charge is 0.267 e. The summed E-state index contributed by atoms with van der Waals surface area (Å²) in [5.41, 5.74) is 2.77. The molecular formula is C21H15ClN4OS2. The number of fused-ring (bicyclic) bond motifs is 2. The van der Waals surface area contributed by atoms with Crippen LogP contribution in [0.5, 0.6) is 0 Å². The Hall–Kier alpha value is -2.74. The van der Waals surface area contributed by atoms with Gasteiger partial charge in [-0.3, -0.25) is 14.8 Å². The first-order valence-corrected chi connectivity index (χ1v) is 11.0. The Bertz CT molecular complexity index is 1330. The fraction of sp³-hybridized carbons (Fsp3) is 0.0952. The number of nitrogens with one attached hydrogen (secondary N) is 1. The number of halogens is 1. The lowest BCUT2D eigenvalue weighted by Gasteiger charge is -2.05. The fourth-order valence-electron chi connectivity index (χ4n) is 3.20. The maximum Gasteiger partial charge on any atom is 0.267 e. The molecule has 144 valence electrons. The lowest BCUT2D eigenvalue weighted by molar-refractivity contribution is 0.103. The van der Waals surface area contributed by atoms with E-state index >= 15 is 0 Å². The molecule has 5 nitrogen and oxygen atoms in total. The van der Waals surface area contributed by atoms with Crippen LogP contribution in [0, 0.1) is 6.92 Å². The number of para-hydroxylation sites is 1. The van der Waals surface area contributed by atoms with E-state index in [0.717, 1.165) is 31.7 Å². The first kappa shape index (κ1) is 18.3. The van der Waals surface area contributed by atoms with Gasteiger partial charge in [-0.2, -0.15) is 5.10 Å². The number of nitrogens with zero attached hydrogens (tertiary/aromatic N) is 3. The second kappa shape index (κ2) is 7.26. The summed E-state index contributed by atoms with van der Waals surface area (Å²) < 4.78 is 2.95. The second-order valence-corrected chi connectivity index (χ2v) is 9.07. The van der Waals surface area contributed by atoms with Gasteiger partial charge in [-0.1, -0.05) is 53.3 Å². The number of thiophene rings is 1. The van der Waals surface area contributed by atoms with Crippen molar-refractivity contribution in [1.82, 2.24) is 14.8 Å². The highest BCUT2D eigenvalue weighted by molar-refractivity contribution is 7.23. The van der Waals surface area contributed by atoms with Crippen molar-refractivity contribution in [3.63, 3.8) is 0 Å². The van der Waals surface area contributed by atoms with E-state index in [0.29, 0.717) is 21.6 Å². The molecule has 5 aromatic rings. The average molecular weight is 439 g/mol. The third-order valence-corrected chi connectivity index (χ3v) is 7.09. The Morgan fingerprint density at radius 3 is 2.76 bits per heavy atom. The van der Waals surface area contributed by atoms with Gasteiger partial charge in [-0.25, -0.2) is 4.98 Å². The number of rotatable bonds is 4. The number of carbonyl (C=O) groups is 1. The van der Waals surface area contributed by atoms with Crippen molar-refractivity contribution < 1.29 is 4.79 Å². The van der Waals surface area contributed by atoms with Crippen molar-refractivity contribution in [2.75, 3.05) is 5.32 Å². The van der Waals surface area contributed by atoms with E-state index in [-0.39, 0.29) is 5.91 Å². The van der Waals surface area contributed by atoms with Gasteiger partial charge in [0.25, 0.3) is 5.91 Å². The monoisotopic (exact) mass is 438 g/mol. The summed E-state index contributed by atoms with van der Waals surface area (Å²) in [4.78, 5) is 18.9. The number of amides is 1. The van der Waals surface area contributed by atoms with Gasteiger partial charge < -0.3 is 0 Å². The van der Waals surface area contributed by atoms with Crippen LogP contribution in [0.4, 0.5) is 5.13 Å². The molecule has 3 heterocycles. The van der Waals surface area contributed by atoms with Gasteiger partial charge in [-0.05, 0) is 36.8 Å². The van der Waals surface area contributed by atoms with E-state index in [1.54, 1.807) is 0 Å². The number of carbonyl (C=O) groups excluding carboxylic acids is 1. The zero-order chi connectivity index (χ0) is 20.0. The van der Waals surface area contributed by atoms with Gasteiger partial charge in [0.2, 0.25) is 0 Å². The lowest BCUT2D eigenvalue weighted by atomic mass is 10.2. The molecule has 0 atom stereocenters. The molecule has 8 heteroatoms. The highest BCUT2D eigenvalue weighted by Gasteiger charge is 2.18. The van der Waals surface area contributed by atoms with Gasteiger partial charge in [0.15, 0.2) is 5.13 Å². The summed E-state index contributed by atoms with van der Waals surface area (Å²) in [6, 6.07) is 17.5. The Morgan fingerprint density at radius 1 is 1.14 bits per heavy atom. The average Bonchev–Trinajstić information content (AvgIpc) is 3.39. The molecule has 0 radical (unpaired) electrons. The normalized spacial score (nSPS) is 11.4. The van der Waals surface area contributed by atoms with Crippen LogP contribution in [-0.4, -0.2) is 20.7 Å². The first-order chi connectivity index (χ1) is 14.1. The van der Waals surface area contributed by atoms with E-state index in [9.17, 15) is 4.79 Å². The van der Waals surface area contributed by atoms with E-state index in [1.165, 1.54) is 22.7 Å². The second-order valence-electron chi connectivity index (χ2n) is 6.60. The molecule has 0 saturated heterocycles. The fourth-order valence-corrected chi connectivity index (χ4v) is 5.32. The number of thiazole rings is 1. The SMILES string of the molecule is Cc1nn(Cc2ccccc2Cl)c2sc(C(=O)Nc3nc4ccccc4s3)cc12. The van der Waals surface area contributed by atoms with Crippen molar-refractivity contribution in [3.8, 4) is 0 Å². The Labute approximate surface area is 179 Å². The summed E-state index contributed by atoms with van der Waals surface area (Å²) >= 11 is 9.20. The first-order valence-electron chi connectivity index (χ1n) is 8.96. The molecule has 1 N–H and O–H groups in total. The van der Waals surface area contributed by atoms with Crippen molar-refractivity contribution >= 4 is 65.7 Å². The van der Waals surface area contributed by atoms with Crippen LogP contribution >= 0.6 is 34.3 Å². The molecule has 0 spiro atoms. The van der Waals surface area contributed by atoms with Crippen LogP contribution < -0.4 is 5.32 Å². The Balaban J connectivity index is 1.45. The maximum absolute atomic E-state index is 12.8. The van der Waals surface area contributed by atoms with Crippen LogP contribution in [-0.2, 0) is 6.54 Å². The van der Waals surface area contributed by atoms with Gasteiger partial charge in [0.1, 0.15) is 4.83 Å². The van der Waals surface area contributed by atoms with Crippen LogP contribution in [0.1, 0.15) is 20.9 Å². The molecular weight excluding hydrogens is 424 g/mol. The molecule has 5 rings (SSSR count). The van der Waals surface area contributed by atoms with Crippen LogP contribution in [0.15, 0.2) is 54.6 Å². The summed E-state index contributed by atoms with van der Waals surface area (Å²) in [6.45, 7) is 2.51. The molecule has 0 bridgehead atoms. The third kappa shape index (κ3) is 3.42. The molecule has 0 unspecified atom stereocenters. The third-order valence-electron chi connectivity index (χ3n) is 4.62. The highest BCUT2D eigenvalue weighted by atomic mass is 35.5. The Kier molecular flexibility index (Phi) is 4.58. The molecule has 2 aromatic carbocycles. The van der Waals surface area contributed by atoms with Crippen LogP contribution in [0.25, 0.3) is 20.4 Å². The molecule has 0 fully saturated rings. The van der Waals surface area contributed by atoms with Gasteiger partial charge in [0, 0.05) is 10.4 Å². The minimum Gasteiger partial charge on any atom is -0.297 e. The maximum atomic E-state index is 12.8. The largest absolute Gasteiger partial charge is 0.297 e. The summed E-state index contributed by atoms with van der Waals surface area (Å²) in [7, 11) is 0. The number of anilines is 1. The van der Waals surface area contributed by atoms with E-state index in [1.807, 2.05) is 66.2 Å². The van der Waals surface area contributed by atoms with Crippen molar-refractivity contribution in [3.05, 3.63) is 75.8 Å². The standard InChI is InChI=1S/C21H15ClN4OS2/c1-12-14-10-18(19(27)24-21-23-16-8-4-5-9-17(16)29-21)28-20(14)26(25-12)11-13-6-2-3-7-15(13)22/h2-10H,11H2,1H3,(H,23,24,27). The van der Waals surface area contributed by atoms with Crippen molar-refractivity contribution in [2.45, 2.75) is 13.5 Å². The molecule has 0 saturated carbocycles. The van der Waals surface area contributed by atoms with Crippen molar-refractivity contribution in [1.29, 1.82) is 0 Å². The minimum atomic E-state index is -0.158. The predicted octanol–water partition coefficient (Wildman–Crippen LogP) is 5.97. The molecule has 1 amide bonds. The van der Waals surface area contributed by atoms with Crippen LogP contribution in [0.2, 0.25) is 5.02 Å². The van der Waals surface area contributed by atoms with Crippen LogP contribution in [0.3, 0.4) is 0 Å². The number of aryl methyl sites for hydroxylation is 1. The summed E-state index contributed by atoms with van der Waals surface area (Å²) in [6.07, 6.45) is 0. The van der Waals surface area contributed by atoms with Crippen molar-refractivity contribution in [2.24, 2.45) is 0 Å². The number of hydrogen-bond donors (Lipinski definition) is 1. The zero-order valence-electron chi connectivity index (χ0n) is 15.3. The summed E-state index contributed by atoms with van der Waals surface area (Å²) in [5, 5.41) is 9.84. The van der Waals surface area contributed by atoms with E-state index in [4.69, 9.17) is 11.6 Å². The number of benzene rings is 2. The minimum absolute atomic E-state index is 0.158. The highest BCUT2D eigenvalue weighted by Crippen LogP contribution is 2.31. The predicted molar refractivity (Wildman–Crippen MR) is 120 cm³/mol. The lowest BCUT2D eigenvalue weighted by Crippen LogP contribution is -2.09. The molecule has 0 aliphatic rings. The van der Waals surface area contributed by atoms with Gasteiger partial charge >= 0.3 is 0 Å². The molecule has 3 aromatic heterocycles. The number of aromatic nitrogens is 3. The topological polar surface area (TPSA) is 59.8 Å². The van der Waals surface area contributed by atoms with Gasteiger partial charge in [0.05, 0.1) is 27.3 Å². The Morgan fingerprint density at radius 2 is 1.93 bits per heavy atom. The molecule has 0 aliphatic heterocycles. The molecule has 29 heavy (non-hydrogen) atoms. The molecule has 0 aliphatic carbocycles. The van der Waals surface area contributed by atoms with E-state index in [2.05, 4.69) is 15.4 Å². The number of hydrogen-bond acceptors (Lipinski definition) is 5. The quantitative estimate of drug-likeness (QED) is 0.376. The van der Waals surface area contributed by atoms with Gasteiger partial charge in [-0.15, -0.1) is 11.3 Å².